The Balaban J connectivity index is 1.92. The van der Waals surface area contributed by atoms with Crippen LogP contribution in [-0.4, -0.2) is 30.8 Å². The Morgan fingerprint density at radius 1 is 1.23 bits per heavy atom. The molecule has 2 aromatic rings. The number of nitrogens with zero attached hydrogens (tertiary/aromatic N) is 1. The Hall–Kier alpha value is -2.48. The number of pyridine rings is 1. The molecule has 0 atom stereocenters. The highest BCUT2D eigenvalue weighted by atomic mass is 35.5. The molecular formula is C17H16ClF3N2O3. The van der Waals surface area contributed by atoms with E-state index < -0.39 is 12.8 Å². The number of anilines is 1. The zero-order valence-electron chi connectivity index (χ0n) is 13.8. The molecule has 9 heteroatoms. The van der Waals surface area contributed by atoms with E-state index in [0.29, 0.717) is 17.3 Å². The molecule has 0 unspecified atom stereocenters. The number of methoxy groups -OCH3 is 1. The van der Waals surface area contributed by atoms with Gasteiger partial charge in [-0.3, -0.25) is 4.79 Å². The zero-order chi connectivity index (χ0) is 19.2. The number of carbonyl (C=O) groups excluding carboxylic acids is 1. The molecule has 0 spiro atoms. The van der Waals surface area contributed by atoms with Gasteiger partial charge >= 0.3 is 6.18 Å². The van der Waals surface area contributed by atoms with E-state index in [-0.39, 0.29) is 23.8 Å². The number of nitrogens with one attached hydrogen (secondary N) is 1. The predicted octanol–water partition coefficient (Wildman–Crippen LogP) is 4.26. The summed E-state index contributed by atoms with van der Waals surface area (Å²) in [6.07, 6.45) is -2.44. The predicted molar refractivity (Wildman–Crippen MR) is 90.7 cm³/mol. The highest BCUT2D eigenvalue weighted by molar-refractivity contribution is 6.29. The molecule has 1 aromatic carbocycles. The summed E-state index contributed by atoms with van der Waals surface area (Å²) in [6.45, 7) is -1.40. The summed E-state index contributed by atoms with van der Waals surface area (Å²) in [5.41, 5.74) is 1.25. The smallest absolute Gasteiger partial charge is 0.422 e. The van der Waals surface area contributed by atoms with Crippen molar-refractivity contribution >= 4 is 23.2 Å². The molecule has 0 saturated heterocycles. The van der Waals surface area contributed by atoms with Crippen LogP contribution in [0.3, 0.4) is 0 Å². The van der Waals surface area contributed by atoms with Gasteiger partial charge in [0.2, 0.25) is 5.91 Å². The summed E-state index contributed by atoms with van der Waals surface area (Å²) in [6, 6.07) is 7.71. The maximum absolute atomic E-state index is 12.2. The first-order valence-corrected chi connectivity index (χ1v) is 7.92. The van der Waals surface area contributed by atoms with Crippen LogP contribution in [0.15, 0.2) is 36.5 Å². The van der Waals surface area contributed by atoms with Crippen molar-refractivity contribution < 1.29 is 27.4 Å². The average Bonchev–Trinajstić information content (AvgIpc) is 2.59. The van der Waals surface area contributed by atoms with Crippen LogP contribution in [0.4, 0.5) is 18.9 Å². The van der Waals surface area contributed by atoms with Crippen molar-refractivity contribution in [3.63, 3.8) is 0 Å². The van der Waals surface area contributed by atoms with Gasteiger partial charge in [0, 0.05) is 6.42 Å². The van der Waals surface area contributed by atoms with Gasteiger partial charge in [-0.1, -0.05) is 17.7 Å². The molecular weight excluding hydrogens is 373 g/mol. The molecule has 2 rings (SSSR count). The Labute approximate surface area is 153 Å². The molecule has 26 heavy (non-hydrogen) atoms. The van der Waals surface area contributed by atoms with Gasteiger partial charge in [-0.15, -0.1) is 0 Å². The topological polar surface area (TPSA) is 60.5 Å². The quantitative estimate of drug-likeness (QED) is 0.720. The Morgan fingerprint density at radius 2 is 2.00 bits per heavy atom. The summed E-state index contributed by atoms with van der Waals surface area (Å²) in [5.74, 6) is -0.0650. The second-order valence-electron chi connectivity index (χ2n) is 5.31. The van der Waals surface area contributed by atoms with Gasteiger partial charge in [0.05, 0.1) is 19.0 Å². The summed E-state index contributed by atoms with van der Waals surface area (Å²) in [5, 5.41) is 3.00. The lowest BCUT2D eigenvalue weighted by Gasteiger charge is -2.13. The number of hydrogen-bond acceptors (Lipinski definition) is 4. The molecule has 1 amide bonds. The number of carbonyl (C=O) groups is 1. The summed E-state index contributed by atoms with van der Waals surface area (Å²) < 4.78 is 46.5. The van der Waals surface area contributed by atoms with Gasteiger partial charge < -0.3 is 14.8 Å². The minimum absolute atomic E-state index is 0.00901. The van der Waals surface area contributed by atoms with E-state index in [4.69, 9.17) is 21.1 Å². The molecule has 1 aromatic heterocycles. The Bertz CT molecular complexity index is 752. The van der Waals surface area contributed by atoms with Crippen LogP contribution in [0.5, 0.6) is 11.5 Å². The highest BCUT2D eigenvalue weighted by Gasteiger charge is 2.29. The van der Waals surface area contributed by atoms with Crippen LogP contribution < -0.4 is 14.8 Å². The fourth-order valence-corrected chi connectivity index (χ4v) is 2.19. The Morgan fingerprint density at radius 3 is 2.62 bits per heavy atom. The van der Waals surface area contributed by atoms with Crippen molar-refractivity contribution in [1.82, 2.24) is 4.98 Å². The van der Waals surface area contributed by atoms with E-state index >= 15 is 0 Å². The second kappa shape index (κ2) is 8.75. The van der Waals surface area contributed by atoms with Crippen molar-refractivity contribution in [2.75, 3.05) is 19.0 Å². The summed E-state index contributed by atoms with van der Waals surface area (Å²) in [4.78, 5) is 15.8. The van der Waals surface area contributed by atoms with E-state index in [9.17, 15) is 18.0 Å². The van der Waals surface area contributed by atoms with Crippen molar-refractivity contribution in [3.8, 4) is 11.5 Å². The molecule has 0 bridgehead atoms. The minimum Gasteiger partial charge on any atom is -0.493 e. The molecule has 0 fully saturated rings. The minimum atomic E-state index is -4.43. The number of benzene rings is 1. The lowest BCUT2D eigenvalue weighted by Crippen LogP contribution is -2.19. The van der Waals surface area contributed by atoms with E-state index in [1.54, 1.807) is 24.3 Å². The lowest BCUT2D eigenvalue weighted by molar-refractivity contribution is -0.153. The number of hydrogen-bond donors (Lipinski definition) is 1. The van der Waals surface area contributed by atoms with Crippen LogP contribution >= 0.6 is 11.6 Å². The number of ether oxygens (including phenoxy) is 2. The second-order valence-corrected chi connectivity index (χ2v) is 5.69. The van der Waals surface area contributed by atoms with Crippen LogP contribution in [0.25, 0.3) is 0 Å². The molecule has 0 aliphatic heterocycles. The fourth-order valence-electron chi connectivity index (χ4n) is 2.08. The van der Waals surface area contributed by atoms with Gasteiger partial charge in [-0.05, 0) is 36.2 Å². The van der Waals surface area contributed by atoms with Crippen molar-refractivity contribution in [3.05, 3.63) is 47.2 Å². The van der Waals surface area contributed by atoms with Gasteiger partial charge in [-0.2, -0.15) is 13.2 Å². The molecule has 0 saturated carbocycles. The number of halogens is 4. The first-order valence-electron chi connectivity index (χ1n) is 7.55. The maximum Gasteiger partial charge on any atom is 0.422 e. The maximum atomic E-state index is 12.2. The zero-order valence-corrected chi connectivity index (χ0v) is 14.5. The van der Waals surface area contributed by atoms with Crippen LogP contribution in [0.2, 0.25) is 5.15 Å². The van der Waals surface area contributed by atoms with E-state index in [1.165, 1.54) is 19.4 Å². The monoisotopic (exact) mass is 388 g/mol. The number of amides is 1. The molecule has 5 nitrogen and oxygen atoms in total. The average molecular weight is 389 g/mol. The van der Waals surface area contributed by atoms with Gasteiger partial charge in [0.1, 0.15) is 5.15 Å². The van der Waals surface area contributed by atoms with Crippen molar-refractivity contribution in [2.45, 2.75) is 19.0 Å². The number of aryl methyl sites for hydroxylation is 1. The standard InChI is InChI=1S/C17H16ClF3N2O3/c1-25-14-8-11(2-5-13(14)26-10-17(19,20)21)3-7-16(24)23-12-4-6-15(18)22-9-12/h2,4-6,8-9H,3,7,10H2,1H3,(H,23,24). The SMILES string of the molecule is COc1cc(CCC(=O)Nc2ccc(Cl)nc2)ccc1OCC(F)(F)F. The first kappa shape index (κ1) is 19.8. The molecule has 0 aliphatic carbocycles. The summed E-state index contributed by atoms with van der Waals surface area (Å²) >= 11 is 5.67. The van der Waals surface area contributed by atoms with Gasteiger partial charge in [0.25, 0.3) is 0 Å². The third-order valence-electron chi connectivity index (χ3n) is 3.27. The largest absolute Gasteiger partial charge is 0.493 e. The molecule has 1 heterocycles. The number of alkyl halides is 3. The van der Waals surface area contributed by atoms with Gasteiger partial charge in [-0.25, -0.2) is 4.98 Å². The molecule has 140 valence electrons. The van der Waals surface area contributed by atoms with Crippen molar-refractivity contribution in [1.29, 1.82) is 0 Å². The van der Waals surface area contributed by atoms with Crippen LogP contribution in [0, 0.1) is 0 Å². The van der Waals surface area contributed by atoms with Crippen LogP contribution in [-0.2, 0) is 11.2 Å². The fraction of sp³-hybridized carbons (Fsp3) is 0.294. The summed E-state index contributed by atoms with van der Waals surface area (Å²) in [7, 11) is 1.33. The van der Waals surface area contributed by atoms with E-state index in [1.807, 2.05) is 0 Å². The molecule has 1 N–H and O–H groups in total. The van der Waals surface area contributed by atoms with Crippen molar-refractivity contribution in [2.24, 2.45) is 0 Å². The number of rotatable bonds is 7. The number of aromatic nitrogens is 1. The molecule has 0 aliphatic rings. The highest BCUT2D eigenvalue weighted by Crippen LogP contribution is 2.30. The lowest BCUT2D eigenvalue weighted by atomic mass is 10.1. The third kappa shape index (κ3) is 6.44. The van der Waals surface area contributed by atoms with E-state index in [0.717, 1.165) is 5.56 Å². The first-order chi connectivity index (χ1) is 12.3. The van der Waals surface area contributed by atoms with E-state index in [2.05, 4.69) is 10.3 Å². The molecule has 0 radical (unpaired) electrons. The normalized spacial score (nSPS) is 11.1. The Kier molecular flexibility index (Phi) is 6.68. The van der Waals surface area contributed by atoms with Gasteiger partial charge in [0.15, 0.2) is 18.1 Å². The third-order valence-corrected chi connectivity index (χ3v) is 3.49. The van der Waals surface area contributed by atoms with Crippen LogP contribution in [0.1, 0.15) is 12.0 Å².